The maximum atomic E-state index is 12.8. The molecular weight excluding hydrogens is 655 g/mol. The van der Waals surface area contributed by atoms with E-state index in [4.69, 9.17) is 4.74 Å². The number of phenolic OH excluding ortho intramolecular Hbond substituents is 1. The average molecular weight is 690 g/mol. The molecule has 5 aromatic carbocycles. The second-order valence-corrected chi connectivity index (χ2v) is 14.1. The Labute approximate surface area is 279 Å². The van der Waals surface area contributed by atoms with Crippen LogP contribution in [-0.2, 0) is 20.1 Å². The van der Waals surface area contributed by atoms with Gasteiger partial charge in [-0.2, -0.15) is 12.7 Å². The molecule has 0 saturated carbocycles. The first-order chi connectivity index (χ1) is 22.8. The first kappa shape index (κ1) is 34.3. The molecule has 4 N–H and O–H groups in total. The molecule has 0 radical (unpaired) electrons. The molecule has 0 aliphatic carbocycles. The van der Waals surface area contributed by atoms with Crippen molar-refractivity contribution >= 4 is 65.0 Å². The van der Waals surface area contributed by atoms with Gasteiger partial charge in [-0.3, -0.25) is 4.55 Å². The van der Waals surface area contributed by atoms with Crippen LogP contribution in [0.25, 0.3) is 10.8 Å². The van der Waals surface area contributed by atoms with E-state index in [1.54, 1.807) is 63.2 Å². The highest BCUT2D eigenvalue weighted by Crippen LogP contribution is 2.43. The summed E-state index contributed by atoms with van der Waals surface area (Å²) >= 11 is 0. The van der Waals surface area contributed by atoms with Gasteiger partial charge in [0.1, 0.15) is 22.0 Å². The Bertz CT molecular complexity index is 2210. The van der Waals surface area contributed by atoms with Crippen molar-refractivity contribution < 1.29 is 31.2 Å². The van der Waals surface area contributed by atoms with Gasteiger partial charge in [-0.25, -0.2) is 8.42 Å². The number of para-hydroxylation sites is 1. The Hall–Kier alpha value is -5.02. The van der Waals surface area contributed by atoms with Crippen LogP contribution in [0.2, 0.25) is 0 Å². The first-order valence-corrected chi connectivity index (χ1v) is 17.8. The second kappa shape index (κ2) is 14.0. The predicted octanol–water partition coefficient (Wildman–Crippen LogP) is 8.04. The SMILES string of the molecule is CCN(CC)S(=O)(=O)c1ccc(Nc2cc(OC)c(/N=N/c3c(S(=O)(=O)O)cc4cc(Nc5ccccc5)ccc4c3O)cc2C)cc1. The predicted molar refractivity (Wildman–Crippen MR) is 187 cm³/mol. The number of sulfonamides is 1. The highest BCUT2D eigenvalue weighted by molar-refractivity contribution is 7.89. The second-order valence-electron chi connectivity index (χ2n) is 10.8. The van der Waals surface area contributed by atoms with Crippen molar-refractivity contribution in [3.8, 4) is 11.5 Å². The van der Waals surface area contributed by atoms with E-state index in [-0.39, 0.29) is 16.3 Å². The normalized spacial score (nSPS) is 12.1. The summed E-state index contributed by atoms with van der Waals surface area (Å²) in [4.78, 5) is -0.430. The lowest BCUT2D eigenvalue weighted by Gasteiger charge is -2.19. The minimum absolute atomic E-state index is 0.187. The maximum Gasteiger partial charge on any atom is 0.296 e. The fourth-order valence-electron chi connectivity index (χ4n) is 5.14. The van der Waals surface area contributed by atoms with Gasteiger partial charge in [0.25, 0.3) is 10.1 Å². The van der Waals surface area contributed by atoms with Crippen molar-refractivity contribution in [3.63, 3.8) is 0 Å². The molecule has 0 heterocycles. The Morgan fingerprint density at radius 2 is 1.44 bits per heavy atom. The molecule has 5 aromatic rings. The summed E-state index contributed by atoms with van der Waals surface area (Å²) in [5.41, 5.74) is 3.22. The number of anilines is 4. The van der Waals surface area contributed by atoms with Gasteiger partial charge >= 0.3 is 0 Å². The zero-order chi connectivity index (χ0) is 34.6. The number of ether oxygens (including phenoxy) is 1. The summed E-state index contributed by atoms with van der Waals surface area (Å²) < 4.78 is 67.5. The van der Waals surface area contributed by atoms with Crippen molar-refractivity contribution in [2.75, 3.05) is 30.8 Å². The Kier molecular flexibility index (Phi) is 10.0. The molecular formula is C34H35N5O7S2. The third-order valence-electron chi connectivity index (χ3n) is 7.65. The van der Waals surface area contributed by atoms with Gasteiger partial charge in [0.2, 0.25) is 10.0 Å². The lowest BCUT2D eigenvalue weighted by molar-refractivity contribution is 0.416. The van der Waals surface area contributed by atoms with Crippen molar-refractivity contribution in [1.82, 2.24) is 4.31 Å². The van der Waals surface area contributed by atoms with Crippen LogP contribution < -0.4 is 15.4 Å². The lowest BCUT2D eigenvalue weighted by Crippen LogP contribution is -2.30. The number of hydrogen-bond donors (Lipinski definition) is 4. The number of hydrogen-bond acceptors (Lipinski definition) is 10. The summed E-state index contributed by atoms with van der Waals surface area (Å²) in [5, 5.41) is 26.5. The molecule has 250 valence electrons. The van der Waals surface area contributed by atoms with E-state index in [1.807, 2.05) is 30.3 Å². The maximum absolute atomic E-state index is 12.8. The summed E-state index contributed by atoms with van der Waals surface area (Å²) in [7, 11) is -6.99. The Morgan fingerprint density at radius 3 is 2.06 bits per heavy atom. The number of rotatable bonds is 12. The number of methoxy groups -OCH3 is 1. The summed E-state index contributed by atoms with van der Waals surface area (Å²) in [6, 6.07) is 25.3. The fraction of sp³-hybridized carbons (Fsp3) is 0.176. The molecule has 0 spiro atoms. The molecule has 0 bridgehead atoms. The molecule has 14 heteroatoms. The van der Waals surface area contributed by atoms with Crippen molar-refractivity contribution in [2.24, 2.45) is 10.2 Å². The summed E-state index contributed by atoms with van der Waals surface area (Å²) in [5.74, 6) is -0.200. The van der Waals surface area contributed by atoms with Crippen LogP contribution in [-0.4, -0.2) is 51.0 Å². The molecule has 0 atom stereocenters. The Balaban J connectivity index is 1.46. The number of nitrogens with zero attached hydrogens (tertiary/aromatic N) is 3. The number of phenols is 1. The van der Waals surface area contributed by atoms with Gasteiger partial charge in [-0.15, -0.1) is 10.2 Å². The average Bonchev–Trinajstić information content (AvgIpc) is 3.06. The third kappa shape index (κ3) is 7.26. The number of fused-ring (bicyclic) bond motifs is 1. The molecule has 0 aromatic heterocycles. The van der Waals surface area contributed by atoms with Crippen LogP contribution in [0, 0.1) is 6.92 Å². The number of azo groups is 1. The zero-order valence-electron chi connectivity index (χ0n) is 26.7. The van der Waals surface area contributed by atoms with E-state index in [2.05, 4.69) is 20.9 Å². The van der Waals surface area contributed by atoms with E-state index < -0.39 is 36.5 Å². The molecule has 48 heavy (non-hydrogen) atoms. The van der Waals surface area contributed by atoms with E-state index in [1.165, 1.54) is 29.6 Å². The molecule has 0 unspecified atom stereocenters. The highest BCUT2D eigenvalue weighted by atomic mass is 32.2. The molecule has 0 fully saturated rings. The number of aromatic hydroxyl groups is 1. The molecule has 5 rings (SSSR count). The van der Waals surface area contributed by atoms with Gasteiger partial charge in [-0.05, 0) is 84.6 Å². The Morgan fingerprint density at radius 1 is 0.792 bits per heavy atom. The first-order valence-electron chi connectivity index (χ1n) is 14.9. The lowest BCUT2D eigenvalue weighted by atomic mass is 10.1. The van der Waals surface area contributed by atoms with Crippen molar-refractivity contribution in [3.05, 3.63) is 96.6 Å². The highest BCUT2D eigenvalue weighted by Gasteiger charge is 2.23. The van der Waals surface area contributed by atoms with Crippen LogP contribution in [0.4, 0.5) is 34.1 Å². The zero-order valence-corrected chi connectivity index (χ0v) is 28.3. The van der Waals surface area contributed by atoms with E-state index >= 15 is 0 Å². The van der Waals surface area contributed by atoms with Crippen LogP contribution in [0.5, 0.6) is 11.5 Å². The quantitative estimate of drug-likeness (QED) is 0.0748. The van der Waals surface area contributed by atoms with Crippen LogP contribution in [0.1, 0.15) is 19.4 Å². The van der Waals surface area contributed by atoms with Gasteiger partial charge in [0, 0.05) is 47.3 Å². The van der Waals surface area contributed by atoms with Gasteiger partial charge in [0.15, 0.2) is 5.75 Å². The molecule has 0 aliphatic rings. The van der Waals surface area contributed by atoms with E-state index in [0.717, 1.165) is 5.69 Å². The molecule has 12 nitrogen and oxygen atoms in total. The van der Waals surface area contributed by atoms with Crippen LogP contribution in [0.15, 0.2) is 111 Å². The fourth-order valence-corrected chi connectivity index (χ4v) is 7.26. The number of nitrogens with one attached hydrogen (secondary N) is 2. The number of aryl methyl sites for hydroxylation is 1. The van der Waals surface area contributed by atoms with E-state index in [9.17, 15) is 26.5 Å². The van der Waals surface area contributed by atoms with Crippen LogP contribution >= 0.6 is 0 Å². The van der Waals surface area contributed by atoms with Crippen LogP contribution in [0.3, 0.4) is 0 Å². The minimum atomic E-state index is -4.82. The van der Waals surface area contributed by atoms with Crippen molar-refractivity contribution in [1.29, 1.82) is 0 Å². The smallest absolute Gasteiger partial charge is 0.296 e. The molecule has 0 amide bonds. The third-order valence-corrected chi connectivity index (χ3v) is 10.6. The van der Waals surface area contributed by atoms with Gasteiger partial charge in [0.05, 0.1) is 12.0 Å². The largest absolute Gasteiger partial charge is 0.505 e. The van der Waals surface area contributed by atoms with Gasteiger partial charge in [-0.1, -0.05) is 32.0 Å². The standard InChI is InChI=1S/C34H35N5O7S2/c1-5-39(6-2)47(41,42)27-15-12-25(13-16-27)36-29-21-31(46-4)30(18-22(29)3)37-38-33-32(48(43,44)45)20-23-19-26(14-17-28(23)34(33)40)35-24-10-8-7-9-11-24/h7-21,35-36,40H,5-6H2,1-4H3,(H,43,44,45)/b38-37+. The topological polar surface area (TPSA) is 170 Å². The van der Waals surface area contributed by atoms with Crippen molar-refractivity contribution in [2.45, 2.75) is 30.6 Å². The summed E-state index contributed by atoms with van der Waals surface area (Å²) in [6.45, 7) is 6.11. The monoisotopic (exact) mass is 689 g/mol. The van der Waals surface area contributed by atoms with E-state index in [0.29, 0.717) is 46.5 Å². The minimum Gasteiger partial charge on any atom is -0.505 e. The molecule has 0 aliphatic heterocycles. The summed E-state index contributed by atoms with van der Waals surface area (Å²) in [6.07, 6.45) is 0. The number of benzene rings is 5. The molecule has 0 saturated heterocycles. The van der Waals surface area contributed by atoms with Gasteiger partial charge < -0.3 is 20.5 Å².